The lowest BCUT2D eigenvalue weighted by Crippen LogP contribution is -2.65. The molecule has 0 aromatic heterocycles. The predicted molar refractivity (Wildman–Crippen MR) is 135 cm³/mol. The summed E-state index contributed by atoms with van der Waals surface area (Å²) in [6.45, 7) is 2.56. The van der Waals surface area contributed by atoms with Gasteiger partial charge in [0.2, 0.25) is 5.91 Å². The van der Waals surface area contributed by atoms with Crippen LogP contribution in [0.2, 0.25) is 0 Å². The third-order valence-electron chi connectivity index (χ3n) is 6.00. The van der Waals surface area contributed by atoms with Gasteiger partial charge in [-0.05, 0) is 16.7 Å². The maximum atomic E-state index is 12.2. The van der Waals surface area contributed by atoms with Crippen LogP contribution >= 0.6 is 0 Å². The van der Waals surface area contributed by atoms with E-state index in [2.05, 4.69) is 5.32 Å². The van der Waals surface area contributed by atoms with Crippen LogP contribution in [0.25, 0.3) is 0 Å². The maximum absolute atomic E-state index is 12.2. The van der Waals surface area contributed by atoms with E-state index < -0.39 is 30.6 Å². The largest absolute Gasteiger partial charge is 0.374 e. The summed E-state index contributed by atoms with van der Waals surface area (Å²) in [4.78, 5) is 12.2. The number of amides is 1. The van der Waals surface area contributed by atoms with Crippen molar-refractivity contribution in [3.05, 3.63) is 108 Å². The number of hydrogen-bond donors (Lipinski definition) is 2. The van der Waals surface area contributed by atoms with Gasteiger partial charge in [0, 0.05) is 6.92 Å². The summed E-state index contributed by atoms with van der Waals surface area (Å²) >= 11 is 0. The first-order chi connectivity index (χ1) is 17.6. The fourth-order valence-electron chi connectivity index (χ4n) is 4.26. The highest BCUT2D eigenvalue weighted by molar-refractivity contribution is 5.73. The lowest BCUT2D eigenvalue weighted by molar-refractivity contribution is -0.284. The summed E-state index contributed by atoms with van der Waals surface area (Å²) < 4.78 is 24.3. The van der Waals surface area contributed by atoms with E-state index in [1.807, 2.05) is 91.0 Å². The van der Waals surface area contributed by atoms with Crippen molar-refractivity contribution in [3.63, 3.8) is 0 Å². The molecule has 4 rings (SSSR count). The second-order valence-electron chi connectivity index (χ2n) is 8.81. The summed E-state index contributed by atoms with van der Waals surface area (Å²) in [6.07, 6.45) is -3.34. The molecule has 1 saturated heterocycles. The van der Waals surface area contributed by atoms with Crippen LogP contribution < -0.4 is 5.32 Å². The van der Waals surface area contributed by atoms with E-state index in [4.69, 9.17) is 18.9 Å². The number of nitrogens with one attached hydrogen (secondary N) is 1. The summed E-state index contributed by atoms with van der Waals surface area (Å²) in [5, 5.41) is 13.8. The Kier molecular flexibility index (Phi) is 9.61. The number of hydrogen-bond acceptors (Lipinski definition) is 6. The molecule has 2 N–H and O–H groups in total. The van der Waals surface area contributed by atoms with Crippen molar-refractivity contribution in [2.45, 2.75) is 57.4 Å². The Bertz CT molecular complexity index is 1050. The van der Waals surface area contributed by atoms with Crippen LogP contribution in [0.15, 0.2) is 91.0 Å². The second-order valence-corrected chi connectivity index (χ2v) is 8.81. The van der Waals surface area contributed by atoms with Gasteiger partial charge in [0.25, 0.3) is 0 Å². The molecule has 0 unspecified atom stereocenters. The quantitative estimate of drug-likeness (QED) is 0.426. The molecule has 3 aromatic carbocycles. The van der Waals surface area contributed by atoms with E-state index >= 15 is 0 Å². The van der Waals surface area contributed by atoms with Gasteiger partial charge in [-0.15, -0.1) is 0 Å². The molecule has 0 bridgehead atoms. The fourth-order valence-corrected chi connectivity index (χ4v) is 4.26. The topological polar surface area (TPSA) is 86.3 Å². The van der Waals surface area contributed by atoms with E-state index in [1.54, 1.807) is 0 Å². The summed E-state index contributed by atoms with van der Waals surface area (Å²) in [6, 6.07) is 28.6. The van der Waals surface area contributed by atoms with Crippen molar-refractivity contribution in [1.29, 1.82) is 0 Å². The summed E-state index contributed by atoms with van der Waals surface area (Å²) in [5.74, 6) is -0.250. The number of carbonyl (C=O) groups is 1. The van der Waals surface area contributed by atoms with Crippen molar-refractivity contribution in [3.8, 4) is 0 Å². The third kappa shape index (κ3) is 7.46. The highest BCUT2D eigenvalue weighted by Gasteiger charge is 2.47. The number of rotatable bonds is 11. The maximum Gasteiger partial charge on any atom is 0.217 e. The normalized spacial score (nSPS) is 23.8. The zero-order valence-electron chi connectivity index (χ0n) is 20.4. The van der Waals surface area contributed by atoms with Gasteiger partial charge in [0.15, 0.2) is 6.29 Å². The molecule has 1 aliphatic heterocycles. The molecule has 0 spiro atoms. The molecule has 0 radical (unpaired) electrons. The van der Waals surface area contributed by atoms with Crippen molar-refractivity contribution in [2.75, 3.05) is 6.61 Å². The Balaban J connectivity index is 1.51. The highest BCUT2D eigenvalue weighted by atomic mass is 16.7. The Hall–Kier alpha value is -3.07. The van der Waals surface area contributed by atoms with E-state index in [-0.39, 0.29) is 19.1 Å². The number of benzene rings is 3. The number of aliphatic hydroxyl groups is 1. The van der Waals surface area contributed by atoms with Gasteiger partial charge in [-0.3, -0.25) is 4.79 Å². The molecule has 3 aromatic rings. The van der Waals surface area contributed by atoms with Crippen LogP contribution in [0.1, 0.15) is 23.6 Å². The first-order valence-corrected chi connectivity index (χ1v) is 12.1. The average molecular weight is 492 g/mol. The second kappa shape index (κ2) is 13.3. The molecule has 0 saturated carbocycles. The third-order valence-corrected chi connectivity index (χ3v) is 6.00. The van der Waals surface area contributed by atoms with Crippen molar-refractivity contribution in [2.24, 2.45) is 0 Å². The average Bonchev–Trinajstić information content (AvgIpc) is 2.89. The van der Waals surface area contributed by atoms with Crippen LogP contribution in [-0.4, -0.2) is 48.3 Å². The van der Waals surface area contributed by atoms with Gasteiger partial charge in [0.05, 0.1) is 32.5 Å². The zero-order valence-corrected chi connectivity index (χ0v) is 20.4. The van der Waals surface area contributed by atoms with E-state index in [9.17, 15) is 9.90 Å². The van der Waals surface area contributed by atoms with Gasteiger partial charge in [0.1, 0.15) is 18.3 Å². The van der Waals surface area contributed by atoms with Gasteiger partial charge >= 0.3 is 0 Å². The van der Waals surface area contributed by atoms with Gasteiger partial charge in [-0.25, -0.2) is 0 Å². The van der Waals surface area contributed by atoms with Crippen molar-refractivity contribution >= 4 is 5.91 Å². The van der Waals surface area contributed by atoms with Crippen molar-refractivity contribution < 1.29 is 28.8 Å². The van der Waals surface area contributed by atoms with Crippen LogP contribution in [0, 0.1) is 0 Å². The minimum atomic E-state index is -1.27. The van der Waals surface area contributed by atoms with E-state index in [1.165, 1.54) is 6.92 Å². The molecule has 1 amide bonds. The Labute approximate surface area is 212 Å². The van der Waals surface area contributed by atoms with E-state index in [0.29, 0.717) is 13.2 Å². The molecule has 5 atom stereocenters. The molecule has 1 aliphatic rings. The van der Waals surface area contributed by atoms with Crippen LogP contribution in [-0.2, 0) is 43.6 Å². The number of ether oxygens (including phenoxy) is 4. The van der Waals surface area contributed by atoms with Crippen molar-refractivity contribution in [1.82, 2.24) is 5.32 Å². The number of carbonyl (C=O) groups excluding carboxylic acids is 1. The van der Waals surface area contributed by atoms with Crippen LogP contribution in [0.4, 0.5) is 0 Å². The predicted octanol–water partition coefficient (Wildman–Crippen LogP) is 3.60. The summed E-state index contributed by atoms with van der Waals surface area (Å²) in [7, 11) is 0. The summed E-state index contributed by atoms with van der Waals surface area (Å²) in [5.41, 5.74) is 2.95. The van der Waals surface area contributed by atoms with Gasteiger partial charge < -0.3 is 29.4 Å². The van der Waals surface area contributed by atoms with E-state index in [0.717, 1.165) is 16.7 Å². The first-order valence-electron chi connectivity index (χ1n) is 12.1. The van der Waals surface area contributed by atoms with Crippen LogP contribution in [0.5, 0.6) is 0 Å². The van der Waals surface area contributed by atoms with Gasteiger partial charge in [-0.2, -0.15) is 0 Å². The smallest absolute Gasteiger partial charge is 0.217 e. The molecule has 7 heteroatoms. The Morgan fingerprint density at radius 3 is 1.75 bits per heavy atom. The van der Waals surface area contributed by atoms with Gasteiger partial charge in [-0.1, -0.05) is 91.0 Å². The lowest BCUT2D eigenvalue weighted by atomic mass is 9.95. The standard InChI is InChI=1S/C29H33NO6/c1-21(31)30-26-27(34-18-23-13-7-3-8-14-23)25(20-33-17-22-11-5-2-6-12-22)36-29(32)28(26)35-19-24-15-9-4-10-16-24/h2-16,25-29,32H,17-20H2,1H3,(H,30,31)/t25-,26+,27+,28-,29-/m1/s1. The Morgan fingerprint density at radius 1 is 0.778 bits per heavy atom. The Morgan fingerprint density at radius 2 is 1.25 bits per heavy atom. The number of aliphatic hydroxyl groups excluding tert-OH is 1. The highest BCUT2D eigenvalue weighted by Crippen LogP contribution is 2.27. The fraction of sp³-hybridized carbons (Fsp3) is 0.345. The minimum Gasteiger partial charge on any atom is -0.374 e. The molecule has 36 heavy (non-hydrogen) atoms. The zero-order chi connectivity index (χ0) is 25.2. The lowest BCUT2D eigenvalue weighted by Gasteiger charge is -2.44. The molecule has 1 fully saturated rings. The monoisotopic (exact) mass is 491 g/mol. The molecule has 1 heterocycles. The molecule has 7 nitrogen and oxygen atoms in total. The first kappa shape index (κ1) is 26.0. The molecular formula is C29H33NO6. The van der Waals surface area contributed by atoms with Crippen LogP contribution in [0.3, 0.4) is 0 Å². The minimum absolute atomic E-state index is 0.174. The SMILES string of the molecule is CC(=O)N[C@@H]1[C@@H](OCc2ccccc2)[C@H](O)O[C@H](COCc2ccccc2)[C@@H]1OCc1ccccc1. The molecular weight excluding hydrogens is 458 g/mol. The molecule has 0 aliphatic carbocycles. The molecule has 190 valence electrons.